The second-order valence-corrected chi connectivity index (χ2v) is 7.00. The predicted octanol–water partition coefficient (Wildman–Crippen LogP) is 2.60. The molecule has 0 radical (unpaired) electrons. The number of nitrogens with zero attached hydrogens (tertiary/aromatic N) is 6. The molecule has 0 spiro atoms. The number of hydrogen-bond acceptors (Lipinski definition) is 6. The first kappa shape index (κ1) is 18.3. The summed E-state index contributed by atoms with van der Waals surface area (Å²) in [6.45, 7) is 0.811. The minimum Gasteiger partial charge on any atom is -0.480 e. The average molecular weight is 380 g/mol. The van der Waals surface area contributed by atoms with Crippen molar-refractivity contribution in [3.8, 4) is 5.88 Å². The summed E-state index contributed by atoms with van der Waals surface area (Å²) in [5.74, 6) is 1.44. The van der Waals surface area contributed by atoms with Crippen LogP contribution < -0.4 is 4.74 Å². The lowest BCUT2D eigenvalue weighted by Crippen LogP contribution is -2.38. The summed E-state index contributed by atoms with van der Waals surface area (Å²) in [7, 11) is 1.58. The van der Waals surface area contributed by atoms with Crippen molar-refractivity contribution < 1.29 is 9.53 Å². The van der Waals surface area contributed by atoms with Gasteiger partial charge < -0.3 is 9.64 Å². The van der Waals surface area contributed by atoms with E-state index in [4.69, 9.17) is 4.74 Å². The van der Waals surface area contributed by atoms with E-state index in [0.717, 1.165) is 37.2 Å². The number of carbonyl (C=O) groups is 1. The molecular formula is C20H24N6O2. The summed E-state index contributed by atoms with van der Waals surface area (Å²) >= 11 is 0. The molecule has 1 aliphatic heterocycles. The Bertz CT molecular complexity index is 942. The number of aryl methyl sites for hydroxylation is 1. The highest BCUT2D eigenvalue weighted by Crippen LogP contribution is 2.31. The van der Waals surface area contributed by atoms with Crippen molar-refractivity contribution in [2.45, 2.75) is 44.6 Å². The van der Waals surface area contributed by atoms with Gasteiger partial charge in [-0.1, -0.05) is 6.07 Å². The topological polar surface area (TPSA) is 85.5 Å². The van der Waals surface area contributed by atoms with Gasteiger partial charge in [0.2, 0.25) is 11.8 Å². The number of likely N-dealkylation sites (tertiary alicyclic amines) is 1. The number of hydrogen-bond donors (Lipinski definition) is 0. The number of rotatable bonds is 6. The van der Waals surface area contributed by atoms with Gasteiger partial charge in [0.15, 0.2) is 11.5 Å². The van der Waals surface area contributed by atoms with Gasteiger partial charge >= 0.3 is 0 Å². The quantitative estimate of drug-likeness (QED) is 0.653. The molecule has 146 valence electrons. The van der Waals surface area contributed by atoms with E-state index in [9.17, 15) is 4.79 Å². The maximum absolute atomic E-state index is 12.9. The molecule has 1 saturated heterocycles. The van der Waals surface area contributed by atoms with Crippen LogP contribution in [0.3, 0.4) is 0 Å². The Labute approximate surface area is 163 Å². The zero-order valence-electron chi connectivity index (χ0n) is 16.0. The van der Waals surface area contributed by atoms with Crippen LogP contribution in [0.1, 0.15) is 49.5 Å². The fourth-order valence-electron chi connectivity index (χ4n) is 3.77. The first-order valence-corrected chi connectivity index (χ1v) is 9.71. The van der Waals surface area contributed by atoms with E-state index in [-0.39, 0.29) is 11.9 Å². The highest BCUT2D eigenvalue weighted by Gasteiger charge is 2.27. The number of piperidine rings is 1. The van der Waals surface area contributed by atoms with Crippen LogP contribution in [0.2, 0.25) is 0 Å². The summed E-state index contributed by atoms with van der Waals surface area (Å²) in [5.41, 5.74) is 1.80. The Morgan fingerprint density at radius 2 is 2.18 bits per heavy atom. The molecule has 0 aliphatic carbocycles. The number of amides is 1. The molecular weight excluding hydrogens is 356 g/mol. The Hall–Kier alpha value is -3.03. The zero-order chi connectivity index (χ0) is 19.3. The first-order valence-electron chi connectivity index (χ1n) is 9.71. The lowest BCUT2D eigenvalue weighted by molar-refractivity contribution is -0.135. The second-order valence-electron chi connectivity index (χ2n) is 7.00. The third-order valence-corrected chi connectivity index (χ3v) is 5.20. The van der Waals surface area contributed by atoms with Crippen LogP contribution in [-0.4, -0.2) is 49.3 Å². The predicted molar refractivity (Wildman–Crippen MR) is 103 cm³/mol. The molecule has 1 amide bonds. The van der Waals surface area contributed by atoms with Gasteiger partial charge in [-0.15, -0.1) is 15.3 Å². The molecule has 1 fully saturated rings. The van der Waals surface area contributed by atoms with Crippen LogP contribution in [0.15, 0.2) is 36.7 Å². The van der Waals surface area contributed by atoms with Crippen LogP contribution in [-0.2, 0) is 11.2 Å². The molecule has 1 aliphatic rings. The van der Waals surface area contributed by atoms with Gasteiger partial charge in [-0.3, -0.25) is 9.78 Å². The number of pyridine rings is 1. The molecule has 0 N–H and O–H groups in total. The number of ether oxygens (including phenoxy) is 1. The van der Waals surface area contributed by atoms with Gasteiger partial charge in [-0.2, -0.15) is 4.52 Å². The highest BCUT2D eigenvalue weighted by molar-refractivity contribution is 5.76. The molecule has 0 saturated carbocycles. The molecule has 4 rings (SSSR count). The molecule has 0 bridgehead atoms. The van der Waals surface area contributed by atoms with Crippen molar-refractivity contribution in [2.75, 3.05) is 13.7 Å². The minimum atomic E-state index is 0.134. The first-order chi connectivity index (χ1) is 13.8. The molecule has 8 nitrogen and oxygen atoms in total. The fraction of sp³-hybridized carbons (Fsp3) is 0.450. The molecule has 8 heteroatoms. The van der Waals surface area contributed by atoms with Crippen molar-refractivity contribution in [3.63, 3.8) is 0 Å². The molecule has 3 aromatic heterocycles. The van der Waals surface area contributed by atoms with Gasteiger partial charge in [0, 0.05) is 37.8 Å². The van der Waals surface area contributed by atoms with Gasteiger partial charge in [-0.05, 0) is 43.4 Å². The molecule has 1 atom stereocenters. The Kier molecular flexibility index (Phi) is 5.45. The van der Waals surface area contributed by atoms with E-state index in [1.807, 2.05) is 23.2 Å². The van der Waals surface area contributed by atoms with Crippen LogP contribution in [0, 0.1) is 0 Å². The molecule has 4 heterocycles. The molecule has 0 aromatic carbocycles. The van der Waals surface area contributed by atoms with Gasteiger partial charge in [0.1, 0.15) is 0 Å². The highest BCUT2D eigenvalue weighted by atomic mass is 16.5. The summed E-state index contributed by atoms with van der Waals surface area (Å²) in [4.78, 5) is 19.1. The smallest absolute Gasteiger partial charge is 0.231 e. The third kappa shape index (κ3) is 3.81. The standard InChI is InChI=1S/C20H24N6O2/c1-28-19-11-10-18-23-22-17(26(18)24-19)8-4-9-20(27)25-13-3-2-7-16(25)15-6-5-12-21-14-15/h5-6,10-12,14,16H,2-4,7-9,13H2,1H3/t16-/m0/s1. The van der Waals surface area contributed by atoms with Crippen molar-refractivity contribution in [3.05, 3.63) is 48.0 Å². The van der Waals surface area contributed by atoms with Crippen molar-refractivity contribution >= 4 is 11.6 Å². The summed E-state index contributed by atoms with van der Waals surface area (Å²) in [6.07, 6.45) is 8.66. The Balaban J connectivity index is 1.40. The second kappa shape index (κ2) is 8.33. The van der Waals surface area contributed by atoms with E-state index >= 15 is 0 Å². The lowest BCUT2D eigenvalue weighted by Gasteiger charge is -2.36. The largest absolute Gasteiger partial charge is 0.480 e. The maximum atomic E-state index is 12.9. The van der Waals surface area contributed by atoms with Crippen LogP contribution in [0.25, 0.3) is 5.65 Å². The lowest BCUT2D eigenvalue weighted by atomic mass is 9.96. The average Bonchev–Trinajstić information content (AvgIpc) is 3.16. The van der Waals surface area contributed by atoms with Gasteiger partial charge in [0.05, 0.1) is 13.2 Å². The van der Waals surface area contributed by atoms with E-state index in [0.29, 0.717) is 30.8 Å². The fourth-order valence-corrected chi connectivity index (χ4v) is 3.77. The number of methoxy groups -OCH3 is 1. The maximum Gasteiger partial charge on any atom is 0.231 e. The van der Waals surface area contributed by atoms with Gasteiger partial charge in [0.25, 0.3) is 0 Å². The van der Waals surface area contributed by atoms with E-state index in [2.05, 4.69) is 26.3 Å². The van der Waals surface area contributed by atoms with Crippen LogP contribution >= 0.6 is 0 Å². The number of carbonyl (C=O) groups excluding carboxylic acids is 1. The molecule has 3 aromatic rings. The summed E-state index contributed by atoms with van der Waals surface area (Å²) < 4.78 is 6.85. The summed E-state index contributed by atoms with van der Waals surface area (Å²) in [5, 5.41) is 12.7. The Morgan fingerprint density at radius 1 is 1.25 bits per heavy atom. The van der Waals surface area contributed by atoms with Gasteiger partial charge in [-0.25, -0.2) is 0 Å². The molecule has 28 heavy (non-hydrogen) atoms. The number of fused-ring (bicyclic) bond motifs is 1. The third-order valence-electron chi connectivity index (χ3n) is 5.20. The van der Waals surface area contributed by atoms with E-state index in [1.54, 1.807) is 23.9 Å². The minimum absolute atomic E-state index is 0.134. The molecule has 0 unspecified atom stereocenters. The van der Waals surface area contributed by atoms with E-state index < -0.39 is 0 Å². The zero-order valence-corrected chi connectivity index (χ0v) is 16.0. The van der Waals surface area contributed by atoms with Crippen LogP contribution in [0.5, 0.6) is 5.88 Å². The summed E-state index contributed by atoms with van der Waals surface area (Å²) in [6, 6.07) is 7.70. The van der Waals surface area contributed by atoms with Crippen molar-refractivity contribution in [1.82, 2.24) is 29.7 Å². The monoisotopic (exact) mass is 380 g/mol. The normalized spacial score (nSPS) is 17.0. The van der Waals surface area contributed by atoms with E-state index in [1.165, 1.54) is 0 Å². The van der Waals surface area contributed by atoms with Crippen LogP contribution in [0.4, 0.5) is 0 Å². The number of aromatic nitrogens is 5. The Morgan fingerprint density at radius 3 is 3.00 bits per heavy atom. The van der Waals surface area contributed by atoms with Crippen molar-refractivity contribution in [2.24, 2.45) is 0 Å². The SMILES string of the molecule is COc1ccc2nnc(CCCC(=O)N3CCCC[C@H]3c3cccnc3)n2n1. The van der Waals surface area contributed by atoms with Crippen molar-refractivity contribution in [1.29, 1.82) is 0 Å².